The lowest BCUT2D eigenvalue weighted by atomic mass is 10.1. The Morgan fingerprint density at radius 1 is 0.531 bits per heavy atom. The normalized spacial score (nSPS) is 20.6. The van der Waals surface area contributed by atoms with Crippen LogP contribution in [0.3, 0.4) is 0 Å². The second kappa shape index (κ2) is 8.60. The Morgan fingerprint density at radius 3 is 1.38 bits per heavy atom. The fourth-order valence-electron chi connectivity index (χ4n) is 5.47. The number of piperidine rings is 2. The molecule has 0 saturated carbocycles. The Balaban J connectivity index is 1.54. The van der Waals surface area contributed by atoms with Gasteiger partial charge in [-0.05, 0) is 49.9 Å². The van der Waals surface area contributed by atoms with E-state index in [2.05, 4.69) is 53.6 Å². The number of fused-ring (bicyclic) bond motifs is 2. The third kappa shape index (κ3) is 3.47. The molecule has 0 radical (unpaired) electrons. The molecule has 2 atom stereocenters. The zero-order valence-electron chi connectivity index (χ0n) is 18.4. The molecule has 2 aliphatic heterocycles. The second-order valence-electron chi connectivity index (χ2n) is 9.07. The van der Waals surface area contributed by atoms with E-state index in [1.807, 2.05) is 24.3 Å². The van der Waals surface area contributed by atoms with Crippen molar-refractivity contribution in [1.82, 2.24) is 39.8 Å². The molecule has 0 amide bonds. The molecular formula is C24H30N8. The van der Waals surface area contributed by atoms with Crippen molar-refractivity contribution in [2.75, 3.05) is 26.2 Å². The Labute approximate surface area is 187 Å². The van der Waals surface area contributed by atoms with Crippen molar-refractivity contribution in [2.45, 2.75) is 50.9 Å². The van der Waals surface area contributed by atoms with Gasteiger partial charge in [0.15, 0.2) is 0 Å². The van der Waals surface area contributed by atoms with Crippen molar-refractivity contribution >= 4 is 22.1 Å². The SMILES string of the molecule is c1ccc2c(c1)nnn2[C@H]([C@H](N1CCCCC1)n1nnc2ccccc21)N1CCCCC1. The van der Waals surface area contributed by atoms with Crippen LogP contribution in [0.1, 0.15) is 50.9 Å². The largest absolute Gasteiger partial charge is 0.279 e. The molecule has 4 aromatic rings. The Kier molecular flexibility index (Phi) is 5.32. The molecule has 2 fully saturated rings. The number of para-hydroxylation sites is 2. The summed E-state index contributed by atoms with van der Waals surface area (Å²) < 4.78 is 4.30. The molecule has 2 aliphatic rings. The predicted octanol–water partition coefficient (Wildman–Crippen LogP) is 3.85. The van der Waals surface area contributed by atoms with Crippen LogP contribution in [0.2, 0.25) is 0 Å². The summed E-state index contributed by atoms with van der Waals surface area (Å²) in [5, 5.41) is 18.5. The number of likely N-dealkylation sites (tertiary alicyclic amines) is 2. The maximum atomic E-state index is 4.71. The van der Waals surface area contributed by atoms with Crippen molar-refractivity contribution in [3.8, 4) is 0 Å². The van der Waals surface area contributed by atoms with Crippen LogP contribution in [0.4, 0.5) is 0 Å². The molecule has 0 N–H and O–H groups in total. The zero-order chi connectivity index (χ0) is 21.3. The van der Waals surface area contributed by atoms with E-state index in [0.29, 0.717) is 0 Å². The molecule has 2 saturated heterocycles. The van der Waals surface area contributed by atoms with Crippen molar-refractivity contribution in [1.29, 1.82) is 0 Å². The van der Waals surface area contributed by atoms with Crippen molar-refractivity contribution in [3.63, 3.8) is 0 Å². The first-order chi connectivity index (χ1) is 15.9. The highest BCUT2D eigenvalue weighted by Crippen LogP contribution is 2.36. The molecule has 0 aliphatic carbocycles. The second-order valence-corrected chi connectivity index (χ2v) is 9.07. The fourth-order valence-corrected chi connectivity index (χ4v) is 5.47. The van der Waals surface area contributed by atoms with Gasteiger partial charge in [0, 0.05) is 26.2 Å². The number of hydrogen-bond donors (Lipinski definition) is 0. The number of hydrogen-bond acceptors (Lipinski definition) is 6. The lowest BCUT2D eigenvalue weighted by Gasteiger charge is -2.44. The lowest BCUT2D eigenvalue weighted by Crippen LogP contribution is -2.49. The van der Waals surface area contributed by atoms with Crippen LogP contribution < -0.4 is 0 Å². The minimum atomic E-state index is 0.00547. The van der Waals surface area contributed by atoms with E-state index in [1.54, 1.807) is 0 Å². The van der Waals surface area contributed by atoms with E-state index in [0.717, 1.165) is 48.2 Å². The van der Waals surface area contributed by atoms with Crippen molar-refractivity contribution in [3.05, 3.63) is 48.5 Å². The number of rotatable bonds is 5. The first kappa shape index (κ1) is 19.8. The Morgan fingerprint density at radius 2 is 0.938 bits per heavy atom. The third-order valence-corrected chi connectivity index (χ3v) is 7.05. The molecule has 32 heavy (non-hydrogen) atoms. The van der Waals surface area contributed by atoms with E-state index in [1.165, 1.54) is 38.5 Å². The van der Waals surface area contributed by atoms with Gasteiger partial charge in [-0.25, -0.2) is 9.36 Å². The van der Waals surface area contributed by atoms with E-state index in [9.17, 15) is 0 Å². The summed E-state index contributed by atoms with van der Waals surface area (Å²) in [6.07, 6.45) is 7.46. The molecule has 4 heterocycles. The van der Waals surface area contributed by atoms with Crippen LogP contribution in [0.25, 0.3) is 22.1 Å². The minimum Gasteiger partial charge on any atom is -0.279 e. The van der Waals surface area contributed by atoms with E-state index in [4.69, 9.17) is 10.4 Å². The van der Waals surface area contributed by atoms with E-state index < -0.39 is 0 Å². The van der Waals surface area contributed by atoms with E-state index in [-0.39, 0.29) is 12.3 Å². The van der Waals surface area contributed by atoms with Crippen molar-refractivity contribution in [2.24, 2.45) is 0 Å². The quantitative estimate of drug-likeness (QED) is 0.479. The highest BCUT2D eigenvalue weighted by molar-refractivity contribution is 5.75. The van der Waals surface area contributed by atoms with Crippen LogP contribution in [0, 0.1) is 0 Å². The summed E-state index contributed by atoms with van der Waals surface area (Å²) in [4.78, 5) is 5.20. The first-order valence-corrected chi connectivity index (χ1v) is 12.0. The minimum absolute atomic E-state index is 0.00547. The molecule has 2 aromatic carbocycles. The molecule has 0 spiro atoms. The van der Waals surface area contributed by atoms with Crippen molar-refractivity contribution < 1.29 is 0 Å². The molecule has 0 unspecified atom stereocenters. The van der Waals surface area contributed by atoms with Crippen LogP contribution in [0.5, 0.6) is 0 Å². The summed E-state index contributed by atoms with van der Waals surface area (Å²) in [6.45, 7) is 4.26. The molecule has 166 valence electrons. The third-order valence-electron chi connectivity index (χ3n) is 7.05. The first-order valence-electron chi connectivity index (χ1n) is 12.0. The summed E-state index contributed by atoms with van der Waals surface area (Å²) in [7, 11) is 0. The summed E-state index contributed by atoms with van der Waals surface area (Å²) >= 11 is 0. The van der Waals surface area contributed by atoms with Gasteiger partial charge in [0.1, 0.15) is 23.4 Å². The van der Waals surface area contributed by atoms with Gasteiger partial charge in [0.2, 0.25) is 0 Å². The standard InChI is InChI=1S/C24H30N8/c1-7-15-29(16-8-1)23(31-21-13-5-3-11-19(21)25-27-31)24(30-17-9-2-10-18-30)32-22-14-6-4-12-20(22)26-28-32/h3-6,11-14,23-24H,1-2,7-10,15-18H2/t23-,24-/m1/s1. The monoisotopic (exact) mass is 430 g/mol. The maximum absolute atomic E-state index is 4.71. The molecule has 6 rings (SSSR count). The lowest BCUT2D eigenvalue weighted by molar-refractivity contribution is -0.0301. The summed E-state index contributed by atoms with van der Waals surface area (Å²) in [5.74, 6) is 0. The highest BCUT2D eigenvalue weighted by atomic mass is 15.6. The number of aromatic nitrogens is 6. The molecule has 2 aromatic heterocycles. The highest BCUT2D eigenvalue weighted by Gasteiger charge is 2.39. The van der Waals surface area contributed by atoms with Gasteiger partial charge in [0.05, 0.1) is 11.0 Å². The van der Waals surface area contributed by atoms with Gasteiger partial charge in [-0.15, -0.1) is 10.2 Å². The average molecular weight is 431 g/mol. The Hall–Kier alpha value is -2.84. The van der Waals surface area contributed by atoms with Gasteiger partial charge in [-0.2, -0.15) is 0 Å². The topological polar surface area (TPSA) is 67.9 Å². The van der Waals surface area contributed by atoms with Crippen LogP contribution in [0.15, 0.2) is 48.5 Å². The zero-order valence-corrected chi connectivity index (χ0v) is 18.4. The van der Waals surface area contributed by atoms with Gasteiger partial charge >= 0.3 is 0 Å². The average Bonchev–Trinajstić information content (AvgIpc) is 3.48. The summed E-state index contributed by atoms with van der Waals surface area (Å²) in [6, 6.07) is 16.6. The molecule has 0 bridgehead atoms. The molecule has 8 heteroatoms. The smallest absolute Gasteiger partial charge is 0.143 e. The van der Waals surface area contributed by atoms with Gasteiger partial charge < -0.3 is 0 Å². The summed E-state index contributed by atoms with van der Waals surface area (Å²) in [5.41, 5.74) is 4.04. The predicted molar refractivity (Wildman–Crippen MR) is 124 cm³/mol. The van der Waals surface area contributed by atoms with Crippen LogP contribution in [-0.2, 0) is 0 Å². The van der Waals surface area contributed by atoms with Crippen LogP contribution in [-0.4, -0.2) is 66.0 Å². The fraction of sp³-hybridized carbons (Fsp3) is 0.500. The Bertz CT molecular complexity index is 1090. The molecule has 8 nitrogen and oxygen atoms in total. The van der Waals surface area contributed by atoms with Gasteiger partial charge in [-0.3, -0.25) is 9.80 Å². The number of benzene rings is 2. The van der Waals surface area contributed by atoms with Gasteiger partial charge in [-0.1, -0.05) is 47.5 Å². The van der Waals surface area contributed by atoms with Gasteiger partial charge in [0.25, 0.3) is 0 Å². The number of nitrogens with zero attached hydrogens (tertiary/aromatic N) is 8. The molecular weight excluding hydrogens is 400 g/mol. The maximum Gasteiger partial charge on any atom is 0.143 e. The van der Waals surface area contributed by atoms with E-state index >= 15 is 0 Å². The van der Waals surface area contributed by atoms with Crippen LogP contribution >= 0.6 is 0 Å².